The van der Waals surface area contributed by atoms with Gasteiger partial charge in [-0.05, 0) is 12.3 Å². The van der Waals surface area contributed by atoms with Crippen molar-refractivity contribution in [2.75, 3.05) is 26.2 Å². The lowest BCUT2D eigenvalue weighted by Gasteiger charge is -2.14. The van der Waals surface area contributed by atoms with E-state index in [4.69, 9.17) is 5.11 Å². The van der Waals surface area contributed by atoms with Crippen molar-refractivity contribution >= 4 is 11.9 Å². The number of amides is 1. The van der Waals surface area contributed by atoms with Gasteiger partial charge in [-0.25, -0.2) is 0 Å². The molecule has 16 heavy (non-hydrogen) atoms. The summed E-state index contributed by atoms with van der Waals surface area (Å²) in [5.41, 5.74) is 0. The highest BCUT2D eigenvalue weighted by atomic mass is 16.4. The van der Waals surface area contributed by atoms with Gasteiger partial charge in [0, 0.05) is 19.6 Å². The van der Waals surface area contributed by atoms with E-state index in [1.54, 1.807) is 0 Å². The fourth-order valence-corrected chi connectivity index (χ4v) is 2.04. The van der Waals surface area contributed by atoms with E-state index in [-0.39, 0.29) is 17.7 Å². The molecule has 1 aliphatic heterocycles. The van der Waals surface area contributed by atoms with Gasteiger partial charge in [-0.15, -0.1) is 0 Å². The minimum absolute atomic E-state index is 0.0138. The van der Waals surface area contributed by atoms with Gasteiger partial charge in [0.2, 0.25) is 5.91 Å². The maximum atomic E-state index is 11.4. The third-order valence-electron chi connectivity index (χ3n) is 2.94. The molecule has 1 saturated heterocycles. The van der Waals surface area contributed by atoms with Gasteiger partial charge in [0.05, 0.1) is 12.5 Å². The number of aliphatic carboxylic acids is 1. The molecule has 5 nitrogen and oxygen atoms in total. The Bertz CT molecular complexity index is 268. The summed E-state index contributed by atoms with van der Waals surface area (Å²) in [4.78, 5) is 24.2. The molecule has 1 heterocycles. The van der Waals surface area contributed by atoms with Crippen molar-refractivity contribution in [3.8, 4) is 0 Å². The first kappa shape index (κ1) is 13.0. The van der Waals surface area contributed by atoms with E-state index in [2.05, 4.69) is 5.32 Å². The Morgan fingerprint density at radius 2 is 2.12 bits per heavy atom. The quantitative estimate of drug-likeness (QED) is 0.703. The maximum absolute atomic E-state index is 11.4. The van der Waals surface area contributed by atoms with Gasteiger partial charge in [-0.3, -0.25) is 14.5 Å². The van der Waals surface area contributed by atoms with Crippen molar-refractivity contribution in [2.45, 2.75) is 20.3 Å². The highest BCUT2D eigenvalue weighted by Gasteiger charge is 2.35. The molecule has 0 aromatic carbocycles. The van der Waals surface area contributed by atoms with E-state index >= 15 is 0 Å². The SMILES string of the molecule is CCCNC(=O)CN1CC(C)C(C(=O)O)C1. The van der Waals surface area contributed by atoms with Crippen molar-refractivity contribution < 1.29 is 14.7 Å². The van der Waals surface area contributed by atoms with E-state index in [9.17, 15) is 9.59 Å². The van der Waals surface area contributed by atoms with Crippen molar-refractivity contribution in [1.29, 1.82) is 0 Å². The third-order valence-corrected chi connectivity index (χ3v) is 2.94. The maximum Gasteiger partial charge on any atom is 0.308 e. The van der Waals surface area contributed by atoms with Gasteiger partial charge in [0.1, 0.15) is 0 Å². The second-order valence-corrected chi connectivity index (χ2v) is 4.47. The molecule has 2 atom stereocenters. The Balaban J connectivity index is 2.35. The molecule has 0 saturated carbocycles. The first-order valence-corrected chi connectivity index (χ1v) is 5.76. The topological polar surface area (TPSA) is 69.6 Å². The molecule has 2 N–H and O–H groups in total. The summed E-state index contributed by atoms with van der Waals surface area (Å²) in [5, 5.41) is 11.7. The molecule has 0 bridgehead atoms. The summed E-state index contributed by atoms with van der Waals surface area (Å²) >= 11 is 0. The molecule has 0 aromatic rings. The fourth-order valence-electron chi connectivity index (χ4n) is 2.04. The summed E-state index contributed by atoms with van der Waals surface area (Å²) < 4.78 is 0. The van der Waals surface area contributed by atoms with Crippen molar-refractivity contribution in [3.05, 3.63) is 0 Å². The standard InChI is InChI=1S/C11H20N2O3/c1-3-4-12-10(14)7-13-5-8(2)9(6-13)11(15)16/h8-9H,3-7H2,1-2H3,(H,12,14)(H,15,16). The predicted octanol–water partition coefficient (Wildman–Crippen LogP) is 0.165. The summed E-state index contributed by atoms with van der Waals surface area (Å²) in [6.45, 7) is 6.09. The number of rotatable bonds is 5. The number of carbonyl (C=O) groups excluding carboxylic acids is 1. The molecular formula is C11H20N2O3. The highest BCUT2D eigenvalue weighted by molar-refractivity contribution is 5.78. The average Bonchev–Trinajstić information content (AvgIpc) is 2.56. The first-order chi connectivity index (χ1) is 7.54. The fraction of sp³-hybridized carbons (Fsp3) is 0.818. The van der Waals surface area contributed by atoms with Crippen LogP contribution in [0.2, 0.25) is 0 Å². The van der Waals surface area contributed by atoms with Crippen LogP contribution >= 0.6 is 0 Å². The molecule has 0 aliphatic carbocycles. The summed E-state index contributed by atoms with van der Waals surface area (Å²) in [7, 11) is 0. The monoisotopic (exact) mass is 228 g/mol. The molecule has 1 amide bonds. The average molecular weight is 228 g/mol. The minimum atomic E-state index is -0.760. The van der Waals surface area contributed by atoms with Crippen molar-refractivity contribution in [1.82, 2.24) is 10.2 Å². The number of nitrogens with one attached hydrogen (secondary N) is 1. The molecule has 92 valence electrons. The van der Waals surface area contributed by atoms with Crippen LogP contribution in [0.5, 0.6) is 0 Å². The normalized spacial score (nSPS) is 25.6. The van der Waals surface area contributed by atoms with E-state index in [0.29, 0.717) is 26.2 Å². The van der Waals surface area contributed by atoms with Gasteiger partial charge in [0.25, 0.3) is 0 Å². The molecule has 5 heteroatoms. The number of carbonyl (C=O) groups is 2. The zero-order chi connectivity index (χ0) is 12.1. The van der Waals surface area contributed by atoms with Crippen LogP contribution in [-0.2, 0) is 9.59 Å². The van der Waals surface area contributed by atoms with E-state index in [1.807, 2.05) is 18.7 Å². The second kappa shape index (κ2) is 5.84. The lowest BCUT2D eigenvalue weighted by atomic mass is 9.99. The van der Waals surface area contributed by atoms with Crippen LogP contribution in [0.3, 0.4) is 0 Å². The Morgan fingerprint density at radius 3 is 2.62 bits per heavy atom. The largest absolute Gasteiger partial charge is 0.481 e. The molecule has 1 fully saturated rings. The zero-order valence-corrected chi connectivity index (χ0v) is 9.90. The lowest BCUT2D eigenvalue weighted by Crippen LogP contribution is -2.36. The molecule has 0 spiro atoms. The second-order valence-electron chi connectivity index (χ2n) is 4.47. The Labute approximate surface area is 95.8 Å². The molecule has 2 unspecified atom stereocenters. The van der Waals surface area contributed by atoms with Gasteiger partial charge in [-0.2, -0.15) is 0 Å². The molecule has 0 radical (unpaired) electrons. The van der Waals surface area contributed by atoms with Gasteiger partial charge in [-0.1, -0.05) is 13.8 Å². The summed E-state index contributed by atoms with van der Waals surface area (Å²) in [6, 6.07) is 0. The van der Waals surface area contributed by atoms with Crippen LogP contribution in [0.1, 0.15) is 20.3 Å². The van der Waals surface area contributed by atoms with Crippen LogP contribution < -0.4 is 5.32 Å². The van der Waals surface area contributed by atoms with Crippen LogP contribution in [0.25, 0.3) is 0 Å². The van der Waals surface area contributed by atoms with Crippen molar-refractivity contribution in [3.63, 3.8) is 0 Å². The number of likely N-dealkylation sites (tertiary alicyclic amines) is 1. The van der Waals surface area contributed by atoms with Crippen LogP contribution in [-0.4, -0.2) is 48.1 Å². The molecule has 1 rings (SSSR count). The van der Waals surface area contributed by atoms with Gasteiger partial charge >= 0.3 is 5.97 Å². The van der Waals surface area contributed by atoms with Crippen LogP contribution in [0, 0.1) is 11.8 Å². The predicted molar refractivity (Wildman–Crippen MR) is 60.0 cm³/mol. The first-order valence-electron chi connectivity index (χ1n) is 5.76. The molecule has 0 aromatic heterocycles. The van der Waals surface area contributed by atoms with E-state index < -0.39 is 5.97 Å². The number of carboxylic acid groups (broad SMARTS) is 1. The van der Waals surface area contributed by atoms with Crippen LogP contribution in [0.4, 0.5) is 0 Å². The Hall–Kier alpha value is -1.10. The van der Waals surface area contributed by atoms with Crippen molar-refractivity contribution in [2.24, 2.45) is 11.8 Å². The van der Waals surface area contributed by atoms with Gasteiger partial charge in [0.15, 0.2) is 0 Å². The van der Waals surface area contributed by atoms with E-state index in [0.717, 1.165) is 6.42 Å². The number of hydrogen-bond donors (Lipinski definition) is 2. The Kier molecular flexibility index (Phi) is 4.73. The zero-order valence-electron chi connectivity index (χ0n) is 9.90. The lowest BCUT2D eigenvalue weighted by molar-refractivity contribution is -0.142. The molecule has 1 aliphatic rings. The van der Waals surface area contributed by atoms with Crippen LogP contribution in [0.15, 0.2) is 0 Å². The number of nitrogens with zero attached hydrogens (tertiary/aromatic N) is 1. The number of hydrogen-bond acceptors (Lipinski definition) is 3. The summed E-state index contributed by atoms with van der Waals surface area (Å²) in [6.07, 6.45) is 0.917. The third kappa shape index (κ3) is 3.48. The number of carboxylic acids is 1. The minimum Gasteiger partial charge on any atom is -0.481 e. The summed E-state index contributed by atoms with van der Waals surface area (Å²) in [5.74, 6) is -0.987. The van der Waals surface area contributed by atoms with Gasteiger partial charge < -0.3 is 10.4 Å². The van der Waals surface area contributed by atoms with E-state index in [1.165, 1.54) is 0 Å². The smallest absolute Gasteiger partial charge is 0.308 e. The highest BCUT2D eigenvalue weighted by Crippen LogP contribution is 2.22. The Morgan fingerprint density at radius 1 is 1.44 bits per heavy atom. The molecular weight excluding hydrogens is 208 g/mol.